The van der Waals surface area contributed by atoms with Gasteiger partial charge in [-0.3, -0.25) is 4.79 Å². The van der Waals surface area contributed by atoms with Crippen molar-refractivity contribution in [2.45, 2.75) is 20.8 Å². The highest BCUT2D eigenvalue weighted by Gasteiger charge is 2.10. The minimum Gasteiger partial charge on any atom is -0.494 e. The van der Waals surface area contributed by atoms with Crippen LogP contribution in [0.2, 0.25) is 0 Å². The molecule has 3 aromatic rings. The van der Waals surface area contributed by atoms with Crippen LogP contribution in [0.5, 0.6) is 11.5 Å². The highest BCUT2D eigenvalue weighted by molar-refractivity contribution is 5.92. The van der Waals surface area contributed by atoms with Gasteiger partial charge in [0.15, 0.2) is 0 Å². The molecular weight excluding hydrogens is 378 g/mol. The Balaban J connectivity index is 1.50. The van der Waals surface area contributed by atoms with Gasteiger partial charge in [-0.25, -0.2) is 4.68 Å². The zero-order valence-corrected chi connectivity index (χ0v) is 17.6. The Hall–Kier alpha value is -3.54. The number of nitrogens with one attached hydrogen (secondary N) is 1. The molecule has 0 aliphatic rings. The number of ether oxygens (including phenoxy) is 2. The van der Waals surface area contributed by atoms with Crippen LogP contribution >= 0.6 is 0 Å². The Morgan fingerprint density at radius 3 is 2.37 bits per heavy atom. The predicted octanol–water partition coefficient (Wildman–Crippen LogP) is 4.10. The van der Waals surface area contributed by atoms with Crippen molar-refractivity contribution in [2.24, 2.45) is 0 Å². The molecule has 30 heavy (non-hydrogen) atoms. The zero-order chi connectivity index (χ0) is 21.3. The van der Waals surface area contributed by atoms with Crippen LogP contribution < -0.4 is 14.8 Å². The quantitative estimate of drug-likeness (QED) is 0.430. The van der Waals surface area contributed by atoms with E-state index in [1.165, 1.54) is 6.08 Å². The lowest BCUT2D eigenvalue weighted by Gasteiger charge is -2.08. The van der Waals surface area contributed by atoms with Gasteiger partial charge in [-0.05, 0) is 63.2 Å². The van der Waals surface area contributed by atoms with E-state index < -0.39 is 0 Å². The number of hydrogen-bond acceptors (Lipinski definition) is 4. The van der Waals surface area contributed by atoms with Crippen LogP contribution in [0.3, 0.4) is 0 Å². The summed E-state index contributed by atoms with van der Waals surface area (Å²) >= 11 is 0. The number of carbonyl (C=O) groups excluding carboxylic acids is 1. The van der Waals surface area contributed by atoms with Crippen molar-refractivity contribution in [3.8, 4) is 17.2 Å². The fourth-order valence-corrected chi connectivity index (χ4v) is 3.08. The minimum absolute atomic E-state index is 0.170. The summed E-state index contributed by atoms with van der Waals surface area (Å²) in [6, 6.07) is 17.4. The second-order valence-electron chi connectivity index (χ2n) is 6.71. The van der Waals surface area contributed by atoms with E-state index in [1.54, 1.807) is 6.08 Å². The van der Waals surface area contributed by atoms with Crippen molar-refractivity contribution in [1.82, 2.24) is 15.1 Å². The van der Waals surface area contributed by atoms with E-state index in [0.717, 1.165) is 34.1 Å². The Bertz CT molecular complexity index is 993. The molecule has 6 heteroatoms. The van der Waals surface area contributed by atoms with Gasteiger partial charge in [-0.1, -0.05) is 18.2 Å². The van der Waals surface area contributed by atoms with Crippen LogP contribution in [0.1, 0.15) is 23.9 Å². The monoisotopic (exact) mass is 405 g/mol. The molecule has 0 spiro atoms. The second kappa shape index (κ2) is 10.3. The maximum Gasteiger partial charge on any atom is 0.244 e. The molecule has 0 fully saturated rings. The summed E-state index contributed by atoms with van der Waals surface area (Å²) < 4.78 is 12.9. The van der Waals surface area contributed by atoms with E-state index >= 15 is 0 Å². The van der Waals surface area contributed by atoms with Crippen molar-refractivity contribution >= 4 is 12.0 Å². The van der Waals surface area contributed by atoms with Crippen molar-refractivity contribution in [3.05, 3.63) is 77.6 Å². The van der Waals surface area contributed by atoms with E-state index in [1.807, 2.05) is 80.1 Å². The van der Waals surface area contributed by atoms with Crippen LogP contribution in [-0.2, 0) is 4.79 Å². The number of hydrogen-bond donors (Lipinski definition) is 1. The summed E-state index contributed by atoms with van der Waals surface area (Å²) in [6.07, 6.45) is 3.34. The van der Waals surface area contributed by atoms with Crippen molar-refractivity contribution in [3.63, 3.8) is 0 Å². The Morgan fingerprint density at radius 2 is 1.70 bits per heavy atom. The van der Waals surface area contributed by atoms with Gasteiger partial charge in [-0.15, -0.1) is 0 Å². The van der Waals surface area contributed by atoms with E-state index in [9.17, 15) is 4.79 Å². The van der Waals surface area contributed by atoms with Crippen LogP contribution in [-0.4, -0.2) is 35.4 Å². The molecular formula is C24H27N3O3. The van der Waals surface area contributed by atoms with Gasteiger partial charge >= 0.3 is 0 Å². The third-order valence-corrected chi connectivity index (χ3v) is 4.55. The number of carbonyl (C=O) groups is 1. The minimum atomic E-state index is -0.170. The van der Waals surface area contributed by atoms with Gasteiger partial charge in [0, 0.05) is 17.3 Å². The average Bonchev–Trinajstić information content (AvgIpc) is 3.05. The van der Waals surface area contributed by atoms with Crippen LogP contribution in [0, 0.1) is 13.8 Å². The maximum absolute atomic E-state index is 12.1. The summed E-state index contributed by atoms with van der Waals surface area (Å²) in [5.41, 5.74) is 3.80. The number of aromatic nitrogens is 2. The number of aryl methyl sites for hydroxylation is 1. The Labute approximate surface area is 177 Å². The number of para-hydroxylation sites is 1. The average molecular weight is 405 g/mol. The lowest BCUT2D eigenvalue weighted by atomic mass is 10.2. The maximum atomic E-state index is 12.1. The smallest absolute Gasteiger partial charge is 0.244 e. The van der Waals surface area contributed by atoms with Crippen LogP contribution in [0.25, 0.3) is 11.8 Å². The largest absolute Gasteiger partial charge is 0.494 e. The molecule has 1 heterocycles. The molecule has 0 aliphatic heterocycles. The predicted molar refractivity (Wildman–Crippen MR) is 118 cm³/mol. The third-order valence-electron chi connectivity index (χ3n) is 4.55. The summed E-state index contributed by atoms with van der Waals surface area (Å²) in [4.78, 5) is 12.1. The third kappa shape index (κ3) is 5.50. The molecule has 1 aromatic heterocycles. The number of rotatable bonds is 9. The molecule has 6 nitrogen and oxygen atoms in total. The first-order valence-corrected chi connectivity index (χ1v) is 10.0. The van der Waals surface area contributed by atoms with E-state index in [0.29, 0.717) is 19.8 Å². The van der Waals surface area contributed by atoms with Gasteiger partial charge in [0.25, 0.3) is 0 Å². The first-order chi connectivity index (χ1) is 14.6. The van der Waals surface area contributed by atoms with Gasteiger partial charge in [-0.2, -0.15) is 5.10 Å². The summed E-state index contributed by atoms with van der Waals surface area (Å²) in [6.45, 7) is 7.31. The van der Waals surface area contributed by atoms with Crippen molar-refractivity contribution in [1.29, 1.82) is 0 Å². The Morgan fingerprint density at radius 1 is 1.03 bits per heavy atom. The fraction of sp³-hybridized carbons (Fsp3) is 0.250. The van der Waals surface area contributed by atoms with E-state index in [2.05, 4.69) is 10.4 Å². The first-order valence-electron chi connectivity index (χ1n) is 10.0. The summed E-state index contributed by atoms with van der Waals surface area (Å²) in [5, 5.41) is 7.42. The van der Waals surface area contributed by atoms with Crippen LogP contribution in [0.15, 0.2) is 60.7 Å². The summed E-state index contributed by atoms with van der Waals surface area (Å²) in [5.74, 6) is 1.38. The molecule has 3 rings (SSSR count). The van der Waals surface area contributed by atoms with Gasteiger partial charge in [0.2, 0.25) is 5.91 Å². The van der Waals surface area contributed by atoms with E-state index in [-0.39, 0.29) is 5.91 Å². The standard InChI is InChI=1S/C24H27N3O3/c1-4-29-21-10-12-22(13-11-21)30-17-16-25-24(28)15-14-23-18(2)26-27(19(23)3)20-8-6-5-7-9-20/h5-15H,4,16-17H2,1-3H3,(H,25,28)/b15-14+. The second-order valence-corrected chi connectivity index (χ2v) is 6.71. The molecule has 0 saturated carbocycles. The molecule has 0 unspecified atom stereocenters. The molecule has 0 saturated heterocycles. The first kappa shape index (κ1) is 21.2. The Kier molecular flexibility index (Phi) is 7.27. The lowest BCUT2D eigenvalue weighted by molar-refractivity contribution is -0.116. The molecule has 1 amide bonds. The van der Waals surface area contributed by atoms with E-state index in [4.69, 9.17) is 9.47 Å². The van der Waals surface area contributed by atoms with Crippen LogP contribution in [0.4, 0.5) is 0 Å². The molecule has 1 N–H and O–H groups in total. The SMILES string of the molecule is CCOc1ccc(OCCNC(=O)/C=C/c2c(C)nn(-c3ccccc3)c2C)cc1. The zero-order valence-electron chi connectivity index (χ0n) is 17.6. The van der Waals surface area contributed by atoms with Crippen molar-refractivity contribution < 1.29 is 14.3 Å². The molecule has 156 valence electrons. The number of amides is 1. The molecule has 0 aliphatic carbocycles. The number of benzene rings is 2. The lowest BCUT2D eigenvalue weighted by Crippen LogP contribution is -2.26. The van der Waals surface area contributed by atoms with Gasteiger partial charge in [0.05, 0.1) is 24.5 Å². The normalized spacial score (nSPS) is 10.9. The van der Waals surface area contributed by atoms with Crippen molar-refractivity contribution in [2.75, 3.05) is 19.8 Å². The molecule has 0 bridgehead atoms. The van der Waals surface area contributed by atoms with Gasteiger partial charge < -0.3 is 14.8 Å². The summed E-state index contributed by atoms with van der Waals surface area (Å²) in [7, 11) is 0. The number of nitrogens with zero attached hydrogens (tertiary/aromatic N) is 2. The topological polar surface area (TPSA) is 65.4 Å². The van der Waals surface area contributed by atoms with Gasteiger partial charge in [0.1, 0.15) is 18.1 Å². The molecule has 0 atom stereocenters. The highest BCUT2D eigenvalue weighted by atomic mass is 16.5. The highest BCUT2D eigenvalue weighted by Crippen LogP contribution is 2.19. The molecule has 0 radical (unpaired) electrons. The fourth-order valence-electron chi connectivity index (χ4n) is 3.08. The molecule has 2 aromatic carbocycles.